The Morgan fingerprint density at radius 1 is 1.15 bits per heavy atom. The van der Waals surface area contributed by atoms with E-state index in [2.05, 4.69) is 53.1 Å². The smallest absolute Gasteiger partial charge is 0.227 e. The Bertz CT molecular complexity index is 474. The summed E-state index contributed by atoms with van der Waals surface area (Å²) in [5.41, 5.74) is 1.24. The molecule has 1 amide bonds. The molecule has 0 bridgehead atoms. The molecular formula is C16H23N3O. The molecule has 2 saturated heterocycles. The van der Waals surface area contributed by atoms with Gasteiger partial charge in [-0.15, -0.1) is 0 Å². The number of nitrogens with zero attached hydrogens (tertiary/aromatic N) is 3. The molecule has 2 heterocycles. The summed E-state index contributed by atoms with van der Waals surface area (Å²) < 4.78 is 0. The van der Waals surface area contributed by atoms with Crippen molar-refractivity contribution in [1.29, 1.82) is 0 Å². The van der Waals surface area contributed by atoms with Crippen molar-refractivity contribution < 1.29 is 4.79 Å². The number of carbonyl (C=O) groups is 1. The van der Waals surface area contributed by atoms with Crippen LogP contribution in [0.1, 0.15) is 0 Å². The molecule has 2 fully saturated rings. The van der Waals surface area contributed by atoms with Crippen molar-refractivity contribution in [3.63, 3.8) is 0 Å². The fourth-order valence-corrected chi connectivity index (χ4v) is 3.32. The van der Waals surface area contributed by atoms with E-state index >= 15 is 0 Å². The van der Waals surface area contributed by atoms with E-state index in [4.69, 9.17) is 0 Å². The minimum Gasteiger partial charge on any atom is -0.370 e. The fraction of sp³-hybridized carbons (Fsp3) is 0.562. The molecule has 0 aromatic heterocycles. The quantitative estimate of drug-likeness (QED) is 0.823. The second kappa shape index (κ2) is 5.44. The lowest BCUT2D eigenvalue weighted by Crippen LogP contribution is -2.36. The molecule has 0 N–H and O–H groups in total. The summed E-state index contributed by atoms with van der Waals surface area (Å²) in [7, 11) is 4.11. The van der Waals surface area contributed by atoms with E-state index in [9.17, 15) is 4.79 Å². The van der Waals surface area contributed by atoms with Crippen LogP contribution in [0.25, 0.3) is 0 Å². The van der Waals surface area contributed by atoms with Crippen LogP contribution in [0.2, 0.25) is 0 Å². The van der Waals surface area contributed by atoms with Gasteiger partial charge in [-0.25, -0.2) is 0 Å². The first-order chi connectivity index (χ1) is 9.65. The maximum atomic E-state index is 12.5. The largest absolute Gasteiger partial charge is 0.370 e. The number of likely N-dealkylation sites (N-methyl/N-ethyl adjacent to an activating group) is 1. The molecule has 0 saturated carbocycles. The summed E-state index contributed by atoms with van der Waals surface area (Å²) >= 11 is 0. The second-order valence-corrected chi connectivity index (χ2v) is 6.19. The standard InChI is InChI=1S/C16H23N3O/c1-17(2)8-9-18-10-13-11-19(12-15(13)16(18)20)14-6-4-3-5-7-14/h3-7,13,15H,8-12H2,1-2H3/t13-,15+/m1/s1. The van der Waals surface area contributed by atoms with Crippen LogP contribution in [0, 0.1) is 11.8 Å². The van der Waals surface area contributed by atoms with Crippen molar-refractivity contribution in [3.05, 3.63) is 30.3 Å². The summed E-state index contributed by atoms with van der Waals surface area (Å²) in [6.45, 7) is 4.64. The lowest BCUT2D eigenvalue weighted by molar-refractivity contribution is -0.130. The summed E-state index contributed by atoms with van der Waals surface area (Å²) in [5.74, 6) is 1.07. The molecule has 0 aliphatic carbocycles. The molecule has 3 rings (SSSR count). The average Bonchev–Trinajstić information content (AvgIpc) is 2.98. The van der Waals surface area contributed by atoms with Crippen LogP contribution in [0.5, 0.6) is 0 Å². The lowest BCUT2D eigenvalue weighted by Gasteiger charge is -2.24. The predicted octanol–water partition coefficient (Wildman–Crippen LogP) is 1.14. The summed E-state index contributed by atoms with van der Waals surface area (Å²) in [6.07, 6.45) is 0. The third-order valence-corrected chi connectivity index (χ3v) is 4.46. The Labute approximate surface area is 121 Å². The zero-order chi connectivity index (χ0) is 14.1. The van der Waals surface area contributed by atoms with Crippen molar-refractivity contribution in [2.45, 2.75) is 0 Å². The molecule has 108 valence electrons. The lowest BCUT2D eigenvalue weighted by atomic mass is 10.0. The predicted molar refractivity (Wildman–Crippen MR) is 80.8 cm³/mol. The zero-order valence-electron chi connectivity index (χ0n) is 12.3. The molecule has 0 unspecified atom stereocenters. The highest BCUT2D eigenvalue weighted by Crippen LogP contribution is 2.34. The Morgan fingerprint density at radius 3 is 2.55 bits per heavy atom. The van der Waals surface area contributed by atoms with E-state index < -0.39 is 0 Å². The topological polar surface area (TPSA) is 26.8 Å². The number of para-hydroxylation sites is 1. The summed E-state index contributed by atoms with van der Waals surface area (Å²) in [4.78, 5) is 19.0. The molecule has 2 atom stereocenters. The number of rotatable bonds is 4. The molecule has 2 aliphatic rings. The second-order valence-electron chi connectivity index (χ2n) is 6.19. The van der Waals surface area contributed by atoms with Gasteiger partial charge in [-0.3, -0.25) is 4.79 Å². The first-order valence-electron chi connectivity index (χ1n) is 7.38. The highest BCUT2D eigenvalue weighted by Gasteiger charge is 2.45. The monoisotopic (exact) mass is 273 g/mol. The summed E-state index contributed by atoms with van der Waals surface area (Å²) in [5, 5.41) is 0. The van der Waals surface area contributed by atoms with Crippen LogP contribution in [0.3, 0.4) is 0 Å². The van der Waals surface area contributed by atoms with E-state index in [1.54, 1.807) is 0 Å². The van der Waals surface area contributed by atoms with Crippen molar-refractivity contribution in [1.82, 2.24) is 9.80 Å². The number of anilines is 1. The van der Waals surface area contributed by atoms with Gasteiger partial charge >= 0.3 is 0 Å². The van der Waals surface area contributed by atoms with Gasteiger partial charge in [0.25, 0.3) is 0 Å². The van der Waals surface area contributed by atoms with Gasteiger partial charge in [0.05, 0.1) is 5.92 Å². The first kappa shape index (κ1) is 13.4. The molecule has 1 aromatic carbocycles. The van der Waals surface area contributed by atoms with E-state index in [0.717, 1.165) is 32.7 Å². The van der Waals surface area contributed by atoms with Gasteiger partial charge in [-0.1, -0.05) is 18.2 Å². The van der Waals surface area contributed by atoms with Gasteiger partial charge in [0.15, 0.2) is 0 Å². The van der Waals surface area contributed by atoms with Crippen molar-refractivity contribution in [2.24, 2.45) is 11.8 Å². The number of hydrogen-bond acceptors (Lipinski definition) is 3. The molecule has 0 radical (unpaired) electrons. The van der Waals surface area contributed by atoms with Gasteiger partial charge in [-0.05, 0) is 26.2 Å². The number of carbonyl (C=O) groups excluding carboxylic acids is 1. The third-order valence-electron chi connectivity index (χ3n) is 4.46. The van der Waals surface area contributed by atoms with Gasteiger partial charge in [-0.2, -0.15) is 0 Å². The van der Waals surface area contributed by atoms with Crippen LogP contribution in [-0.2, 0) is 4.79 Å². The number of benzene rings is 1. The Kier molecular flexibility index (Phi) is 3.66. The van der Waals surface area contributed by atoms with Crippen LogP contribution in [-0.4, -0.2) is 62.5 Å². The molecule has 20 heavy (non-hydrogen) atoms. The van der Waals surface area contributed by atoms with Crippen LogP contribution < -0.4 is 4.90 Å². The molecule has 4 nitrogen and oxygen atoms in total. The average molecular weight is 273 g/mol. The SMILES string of the molecule is CN(C)CCN1C[C@@H]2CN(c3ccccc3)C[C@@H]2C1=O. The fourth-order valence-electron chi connectivity index (χ4n) is 3.32. The Morgan fingerprint density at radius 2 is 1.90 bits per heavy atom. The first-order valence-corrected chi connectivity index (χ1v) is 7.38. The molecule has 0 spiro atoms. The normalized spacial score (nSPS) is 25.6. The number of fused-ring (bicyclic) bond motifs is 1. The van der Waals surface area contributed by atoms with Crippen LogP contribution in [0.15, 0.2) is 30.3 Å². The van der Waals surface area contributed by atoms with Crippen LogP contribution >= 0.6 is 0 Å². The Balaban J connectivity index is 1.62. The maximum absolute atomic E-state index is 12.5. The number of amides is 1. The van der Waals surface area contributed by atoms with Gasteiger partial charge in [0.2, 0.25) is 5.91 Å². The molecule has 2 aliphatic heterocycles. The van der Waals surface area contributed by atoms with E-state index in [0.29, 0.717) is 11.8 Å². The van der Waals surface area contributed by atoms with E-state index in [1.807, 2.05) is 6.07 Å². The van der Waals surface area contributed by atoms with Crippen molar-refractivity contribution in [2.75, 3.05) is 51.7 Å². The molecule has 4 heteroatoms. The molecular weight excluding hydrogens is 250 g/mol. The number of hydrogen-bond donors (Lipinski definition) is 0. The minimum atomic E-state index is 0.206. The van der Waals surface area contributed by atoms with Gasteiger partial charge in [0.1, 0.15) is 0 Å². The van der Waals surface area contributed by atoms with Crippen molar-refractivity contribution in [3.8, 4) is 0 Å². The Hall–Kier alpha value is -1.55. The zero-order valence-corrected chi connectivity index (χ0v) is 12.3. The summed E-state index contributed by atoms with van der Waals surface area (Å²) in [6, 6.07) is 10.4. The van der Waals surface area contributed by atoms with E-state index in [-0.39, 0.29) is 5.92 Å². The highest BCUT2D eigenvalue weighted by atomic mass is 16.2. The van der Waals surface area contributed by atoms with E-state index in [1.165, 1.54) is 5.69 Å². The van der Waals surface area contributed by atoms with Crippen LogP contribution in [0.4, 0.5) is 5.69 Å². The van der Waals surface area contributed by atoms with Crippen molar-refractivity contribution >= 4 is 11.6 Å². The van der Waals surface area contributed by atoms with Gasteiger partial charge < -0.3 is 14.7 Å². The minimum absolute atomic E-state index is 0.206. The third kappa shape index (κ3) is 2.52. The van der Waals surface area contributed by atoms with Gasteiger partial charge in [0, 0.05) is 44.3 Å². The molecule has 1 aromatic rings. The highest BCUT2D eigenvalue weighted by molar-refractivity contribution is 5.83. The number of likely N-dealkylation sites (tertiary alicyclic amines) is 1. The maximum Gasteiger partial charge on any atom is 0.227 e.